The van der Waals surface area contributed by atoms with E-state index in [0.717, 1.165) is 6.07 Å². The lowest BCUT2D eigenvalue weighted by Crippen LogP contribution is -2.12. The fourth-order valence-corrected chi connectivity index (χ4v) is 2.03. The number of anilines is 1. The zero-order valence-electron chi connectivity index (χ0n) is 11.1. The van der Waals surface area contributed by atoms with Gasteiger partial charge in [-0.3, -0.25) is 10.1 Å². The van der Waals surface area contributed by atoms with Crippen LogP contribution < -0.4 is 5.32 Å². The van der Waals surface area contributed by atoms with Crippen LogP contribution >= 0.6 is 11.6 Å². The van der Waals surface area contributed by atoms with E-state index in [4.69, 9.17) is 16.0 Å². The highest BCUT2D eigenvalue weighted by Gasteiger charge is 2.14. The molecule has 5 nitrogen and oxygen atoms in total. The minimum atomic E-state index is -0.547. The first-order valence-electron chi connectivity index (χ1n) is 6.29. The topological polar surface area (TPSA) is 68.0 Å². The first kappa shape index (κ1) is 14.2. The van der Waals surface area contributed by atoms with Gasteiger partial charge in [-0.2, -0.15) is 0 Å². The Balaban J connectivity index is 1.80. The molecule has 0 unspecified atom stereocenters. The lowest BCUT2D eigenvalue weighted by molar-refractivity contribution is 0.102. The molecule has 0 aliphatic carbocycles. The number of amides is 1. The molecular weight excluding hydrogens is 309 g/mol. The Labute approximate surface area is 129 Å². The molecule has 3 rings (SSSR count). The molecule has 0 atom stereocenters. The van der Waals surface area contributed by atoms with Crippen molar-refractivity contribution >= 4 is 23.5 Å². The van der Waals surface area contributed by atoms with Crippen LogP contribution in [-0.4, -0.2) is 16.1 Å². The number of carbonyl (C=O) groups excluding carboxylic acids is 1. The van der Waals surface area contributed by atoms with Gasteiger partial charge in [0.05, 0.1) is 10.6 Å². The van der Waals surface area contributed by atoms with E-state index in [9.17, 15) is 9.18 Å². The van der Waals surface area contributed by atoms with E-state index < -0.39 is 11.7 Å². The highest BCUT2D eigenvalue weighted by molar-refractivity contribution is 6.33. The molecule has 0 spiro atoms. The zero-order chi connectivity index (χ0) is 15.5. The Hall–Kier alpha value is -2.73. The van der Waals surface area contributed by atoms with Gasteiger partial charge in [-0.25, -0.2) is 4.39 Å². The molecule has 7 heteroatoms. The first-order valence-corrected chi connectivity index (χ1v) is 6.66. The largest absolute Gasteiger partial charge is 0.403 e. The Bertz CT molecular complexity index is 835. The Kier molecular flexibility index (Phi) is 3.84. The molecule has 0 aliphatic rings. The zero-order valence-corrected chi connectivity index (χ0v) is 11.8. The third kappa shape index (κ3) is 2.96. The van der Waals surface area contributed by atoms with Crippen LogP contribution in [0, 0.1) is 5.82 Å². The molecule has 2 aromatic carbocycles. The molecule has 110 valence electrons. The number of halogens is 2. The molecular formula is C15H9ClFN3O2. The molecule has 1 amide bonds. The Morgan fingerprint density at radius 2 is 1.95 bits per heavy atom. The molecule has 0 saturated carbocycles. The molecule has 0 radical (unpaired) electrons. The third-order valence-electron chi connectivity index (χ3n) is 2.84. The second-order valence-electron chi connectivity index (χ2n) is 4.36. The normalized spacial score (nSPS) is 10.5. The maximum Gasteiger partial charge on any atom is 0.322 e. The predicted molar refractivity (Wildman–Crippen MR) is 79.1 cm³/mol. The molecule has 0 aliphatic heterocycles. The second-order valence-corrected chi connectivity index (χ2v) is 4.76. The molecule has 0 fully saturated rings. The van der Waals surface area contributed by atoms with Crippen LogP contribution in [0.1, 0.15) is 10.4 Å². The summed E-state index contributed by atoms with van der Waals surface area (Å²) in [4.78, 5) is 11.9. The van der Waals surface area contributed by atoms with E-state index in [0.29, 0.717) is 10.6 Å². The smallest absolute Gasteiger partial charge is 0.322 e. The van der Waals surface area contributed by atoms with Gasteiger partial charge in [-0.05, 0) is 30.3 Å². The van der Waals surface area contributed by atoms with Crippen molar-refractivity contribution in [2.24, 2.45) is 0 Å². The Morgan fingerprint density at radius 3 is 2.73 bits per heavy atom. The molecule has 1 N–H and O–H groups in total. The molecule has 0 bridgehead atoms. The number of carbonyl (C=O) groups is 1. The second kappa shape index (κ2) is 5.95. The summed E-state index contributed by atoms with van der Waals surface area (Å²) < 4.78 is 18.4. The van der Waals surface area contributed by atoms with Gasteiger partial charge in [0, 0.05) is 5.56 Å². The summed E-state index contributed by atoms with van der Waals surface area (Å²) in [5, 5.41) is 10.4. The quantitative estimate of drug-likeness (QED) is 0.798. The number of nitrogens with one attached hydrogen (secondary N) is 1. The van der Waals surface area contributed by atoms with Crippen LogP contribution in [0.3, 0.4) is 0 Å². The van der Waals surface area contributed by atoms with Crippen molar-refractivity contribution in [3.05, 3.63) is 64.9 Å². The summed E-state index contributed by atoms with van der Waals surface area (Å²) in [6, 6.07) is 12.1. The van der Waals surface area contributed by atoms with Gasteiger partial charge in [0.1, 0.15) is 5.82 Å². The summed E-state index contributed by atoms with van der Waals surface area (Å²) in [5.74, 6) is -0.871. The van der Waals surface area contributed by atoms with Crippen LogP contribution in [0.2, 0.25) is 5.02 Å². The van der Waals surface area contributed by atoms with Crippen LogP contribution in [-0.2, 0) is 0 Å². The summed E-state index contributed by atoms with van der Waals surface area (Å²) in [6.45, 7) is 0. The maximum absolute atomic E-state index is 13.1. The third-order valence-corrected chi connectivity index (χ3v) is 3.17. The van der Waals surface area contributed by atoms with Crippen LogP contribution in [0.15, 0.2) is 52.9 Å². The van der Waals surface area contributed by atoms with Gasteiger partial charge in [0.2, 0.25) is 0 Å². The maximum atomic E-state index is 13.1. The first-order chi connectivity index (χ1) is 10.6. The van der Waals surface area contributed by atoms with E-state index in [-0.39, 0.29) is 17.5 Å². The van der Waals surface area contributed by atoms with Crippen molar-refractivity contribution in [2.45, 2.75) is 0 Å². The van der Waals surface area contributed by atoms with Crippen molar-refractivity contribution in [2.75, 3.05) is 5.32 Å². The van der Waals surface area contributed by atoms with Crippen molar-refractivity contribution in [3.63, 3.8) is 0 Å². The fourth-order valence-electron chi connectivity index (χ4n) is 1.82. The van der Waals surface area contributed by atoms with Gasteiger partial charge >= 0.3 is 6.01 Å². The minimum absolute atomic E-state index is 0.0934. The van der Waals surface area contributed by atoms with Crippen LogP contribution in [0.25, 0.3) is 11.5 Å². The summed E-state index contributed by atoms with van der Waals surface area (Å²) in [6.07, 6.45) is 0. The summed E-state index contributed by atoms with van der Waals surface area (Å²) in [7, 11) is 0. The van der Waals surface area contributed by atoms with Crippen molar-refractivity contribution in [1.29, 1.82) is 0 Å². The van der Waals surface area contributed by atoms with Gasteiger partial charge in [-0.1, -0.05) is 34.9 Å². The summed E-state index contributed by atoms with van der Waals surface area (Å²) in [5.41, 5.74) is 0.709. The number of nitrogens with zero attached hydrogens (tertiary/aromatic N) is 2. The monoisotopic (exact) mass is 317 g/mol. The van der Waals surface area contributed by atoms with Crippen molar-refractivity contribution < 1.29 is 13.6 Å². The summed E-state index contributed by atoms with van der Waals surface area (Å²) >= 11 is 6.03. The highest BCUT2D eigenvalue weighted by atomic mass is 35.5. The van der Waals surface area contributed by atoms with Gasteiger partial charge in [0.15, 0.2) is 0 Å². The lowest BCUT2D eigenvalue weighted by atomic mass is 10.2. The van der Waals surface area contributed by atoms with Crippen LogP contribution in [0.4, 0.5) is 10.4 Å². The molecule has 22 heavy (non-hydrogen) atoms. The molecule has 1 aromatic heterocycles. The average molecular weight is 318 g/mol. The van der Waals surface area contributed by atoms with E-state index in [1.54, 1.807) is 24.3 Å². The predicted octanol–water partition coefficient (Wildman–Crippen LogP) is 3.78. The van der Waals surface area contributed by atoms with Crippen LogP contribution in [0.5, 0.6) is 0 Å². The lowest BCUT2D eigenvalue weighted by Gasteiger charge is -2.00. The standard InChI is InChI=1S/C15H9ClFN3O2/c16-12-7-2-1-6-11(12)14-19-20-15(22-14)18-13(21)9-4-3-5-10(17)8-9/h1-8H,(H,18,20,21). The molecule has 3 aromatic rings. The fraction of sp³-hybridized carbons (Fsp3) is 0. The van der Waals surface area contributed by atoms with Gasteiger partial charge in [-0.15, -0.1) is 5.10 Å². The van der Waals surface area contributed by atoms with E-state index in [2.05, 4.69) is 15.5 Å². The average Bonchev–Trinajstić information content (AvgIpc) is 2.96. The van der Waals surface area contributed by atoms with Gasteiger partial charge < -0.3 is 4.42 Å². The number of hydrogen-bond acceptors (Lipinski definition) is 4. The number of rotatable bonds is 3. The number of aromatic nitrogens is 2. The SMILES string of the molecule is O=C(Nc1nnc(-c2ccccc2Cl)o1)c1cccc(F)c1. The van der Waals surface area contributed by atoms with E-state index >= 15 is 0 Å². The minimum Gasteiger partial charge on any atom is -0.403 e. The number of hydrogen-bond donors (Lipinski definition) is 1. The van der Waals surface area contributed by atoms with Gasteiger partial charge in [0.25, 0.3) is 11.8 Å². The van der Waals surface area contributed by atoms with E-state index in [1.165, 1.54) is 18.2 Å². The molecule has 1 heterocycles. The number of benzene rings is 2. The molecule has 0 saturated heterocycles. The van der Waals surface area contributed by atoms with Crippen molar-refractivity contribution in [1.82, 2.24) is 10.2 Å². The van der Waals surface area contributed by atoms with Crippen molar-refractivity contribution in [3.8, 4) is 11.5 Å². The highest BCUT2D eigenvalue weighted by Crippen LogP contribution is 2.27. The van der Waals surface area contributed by atoms with E-state index in [1.807, 2.05) is 0 Å². The Morgan fingerprint density at radius 1 is 1.14 bits per heavy atom.